The Morgan fingerprint density at radius 3 is 1.33 bits per heavy atom. The number of rotatable bonds is 0. The van der Waals surface area contributed by atoms with E-state index in [0.717, 1.165) is 17.0 Å². The van der Waals surface area contributed by atoms with Gasteiger partial charge in [0.15, 0.2) is 0 Å². The van der Waals surface area contributed by atoms with Crippen LogP contribution in [0.25, 0.3) is 11.1 Å². The van der Waals surface area contributed by atoms with E-state index in [4.69, 9.17) is 0 Å². The maximum absolute atomic E-state index is 12.1. The molecule has 0 N–H and O–H groups in total. The first-order valence-corrected chi connectivity index (χ1v) is 8.86. The second kappa shape index (κ2) is 7.41. The molecule has 0 saturated carbocycles. The predicted octanol–water partition coefficient (Wildman–Crippen LogP) is 5.19. The molecule has 2 aromatic carbocycles. The highest BCUT2D eigenvalue weighted by atomic mass is 32.2. The van der Waals surface area contributed by atoms with Gasteiger partial charge in [-0.2, -0.15) is 0 Å². The van der Waals surface area contributed by atoms with Gasteiger partial charge in [0.2, 0.25) is 9.84 Å². The lowest BCUT2D eigenvalue weighted by Crippen LogP contribution is -1.95. The van der Waals surface area contributed by atoms with Crippen molar-refractivity contribution in [2.45, 2.75) is 44.4 Å². The summed E-state index contributed by atoms with van der Waals surface area (Å²) in [5, 5.41) is 0. The van der Waals surface area contributed by atoms with Crippen LogP contribution in [0.3, 0.4) is 0 Å². The fourth-order valence-corrected chi connectivity index (χ4v) is 3.65. The summed E-state index contributed by atoms with van der Waals surface area (Å²) >= 11 is 0. The molecule has 0 amide bonds. The minimum Gasteiger partial charge on any atom is -0.218 e. The third-order valence-corrected chi connectivity index (χ3v) is 4.51. The molecule has 0 saturated heterocycles. The predicted molar refractivity (Wildman–Crippen MR) is 89.2 cm³/mol. The second-order valence-corrected chi connectivity index (χ2v) is 7.11. The fraction of sp³-hybridized carbons (Fsp3) is 0.333. The Morgan fingerprint density at radius 2 is 1.00 bits per heavy atom. The molecular formula is C18H24O2S. The number of hydrogen-bond acceptors (Lipinski definition) is 2. The minimum absolute atomic E-state index is 0.422. The molecule has 0 atom stereocenters. The maximum atomic E-state index is 12.1. The highest BCUT2D eigenvalue weighted by molar-refractivity contribution is 7.92. The third kappa shape index (κ3) is 3.73. The van der Waals surface area contributed by atoms with Crippen LogP contribution in [-0.2, 0) is 9.84 Å². The van der Waals surface area contributed by atoms with E-state index >= 15 is 0 Å². The van der Waals surface area contributed by atoms with Gasteiger partial charge in [0.25, 0.3) is 0 Å². The number of benzene rings is 2. The van der Waals surface area contributed by atoms with Crippen LogP contribution < -0.4 is 0 Å². The fourth-order valence-electron chi connectivity index (χ4n) is 1.97. The summed E-state index contributed by atoms with van der Waals surface area (Å²) in [6, 6.07) is 14.2. The molecule has 0 aliphatic carbocycles. The Morgan fingerprint density at radius 1 is 0.714 bits per heavy atom. The molecule has 2 aromatic rings. The van der Waals surface area contributed by atoms with E-state index in [-0.39, 0.29) is 0 Å². The van der Waals surface area contributed by atoms with E-state index in [1.165, 1.54) is 0 Å². The average Bonchev–Trinajstić information content (AvgIpc) is 2.71. The Hall–Kier alpha value is -1.61. The van der Waals surface area contributed by atoms with Crippen LogP contribution in [-0.4, -0.2) is 8.42 Å². The first kappa shape index (κ1) is 17.4. The maximum Gasteiger partial charge on any atom is 0.207 e. The Kier molecular flexibility index (Phi) is 6.16. The molecule has 0 radical (unpaired) electrons. The molecule has 3 heteroatoms. The van der Waals surface area contributed by atoms with E-state index in [0.29, 0.717) is 9.79 Å². The monoisotopic (exact) mass is 304 g/mol. The molecule has 0 aromatic heterocycles. The van der Waals surface area contributed by atoms with Gasteiger partial charge >= 0.3 is 0 Å². The van der Waals surface area contributed by atoms with Crippen LogP contribution in [0.4, 0.5) is 0 Å². The molecule has 0 spiro atoms. The molecule has 2 nitrogen and oxygen atoms in total. The molecule has 1 aliphatic rings. The van der Waals surface area contributed by atoms with Crippen LogP contribution in [0, 0.1) is 5.92 Å². The molecule has 0 bridgehead atoms. The average molecular weight is 304 g/mol. The highest BCUT2D eigenvalue weighted by Crippen LogP contribution is 2.42. The quantitative estimate of drug-likeness (QED) is 0.573. The first-order valence-electron chi connectivity index (χ1n) is 7.38. The molecule has 21 heavy (non-hydrogen) atoms. The van der Waals surface area contributed by atoms with Gasteiger partial charge in [-0.25, -0.2) is 8.42 Å². The summed E-state index contributed by atoms with van der Waals surface area (Å²) in [5.74, 6) is 0.833. The van der Waals surface area contributed by atoms with Gasteiger partial charge in [-0.3, -0.25) is 0 Å². The zero-order valence-corrected chi connectivity index (χ0v) is 14.2. The van der Waals surface area contributed by atoms with Crippen molar-refractivity contribution in [2.75, 3.05) is 0 Å². The Balaban J connectivity index is 0.000000322. The topological polar surface area (TPSA) is 34.1 Å². The number of hydrogen-bond donors (Lipinski definition) is 0. The second-order valence-electron chi connectivity index (χ2n) is 5.23. The van der Waals surface area contributed by atoms with E-state index in [2.05, 4.69) is 20.8 Å². The largest absolute Gasteiger partial charge is 0.218 e. The highest BCUT2D eigenvalue weighted by Gasteiger charge is 2.31. The third-order valence-electron chi connectivity index (χ3n) is 2.64. The van der Waals surface area contributed by atoms with Crippen molar-refractivity contribution in [3.63, 3.8) is 0 Å². The van der Waals surface area contributed by atoms with Crippen LogP contribution >= 0.6 is 0 Å². The van der Waals surface area contributed by atoms with Crippen molar-refractivity contribution in [3.8, 4) is 11.1 Å². The van der Waals surface area contributed by atoms with Crippen molar-refractivity contribution in [2.24, 2.45) is 5.92 Å². The van der Waals surface area contributed by atoms with E-state index in [1.807, 2.05) is 38.1 Å². The summed E-state index contributed by atoms with van der Waals surface area (Å²) in [4.78, 5) is 0.845. The number of fused-ring (bicyclic) bond motifs is 3. The molecule has 114 valence electrons. The smallest absolute Gasteiger partial charge is 0.207 e. The van der Waals surface area contributed by atoms with Gasteiger partial charge in [0, 0.05) is 11.1 Å². The van der Waals surface area contributed by atoms with Crippen molar-refractivity contribution in [1.82, 2.24) is 0 Å². The number of sulfone groups is 1. The summed E-state index contributed by atoms with van der Waals surface area (Å²) in [6.45, 7) is 10.5. The first-order chi connectivity index (χ1) is 9.94. The molecule has 0 fully saturated rings. The van der Waals surface area contributed by atoms with Crippen LogP contribution in [0.5, 0.6) is 0 Å². The van der Waals surface area contributed by atoms with Crippen LogP contribution in [0.2, 0.25) is 0 Å². The summed E-state index contributed by atoms with van der Waals surface area (Å²) in [6.07, 6.45) is 0. The van der Waals surface area contributed by atoms with Gasteiger partial charge in [-0.15, -0.1) is 0 Å². The van der Waals surface area contributed by atoms with Crippen molar-refractivity contribution in [1.29, 1.82) is 0 Å². The summed E-state index contributed by atoms with van der Waals surface area (Å²) in [7, 11) is -3.26. The molecule has 3 rings (SSSR count). The van der Waals surface area contributed by atoms with E-state index < -0.39 is 9.84 Å². The van der Waals surface area contributed by atoms with Gasteiger partial charge in [0.1, 0.15) is 0 Å². The minimum atomic E-state index is -3.26. The molecule has 1 heterocycles. The van der Waals surface area contributed by atoms with Crippen molar-refractivity contribution >= 4 is 9.84 Å². The van der Waals surface area contributed by atoms with Gasteiger partial charge in [0.05, 0.1) is 9.79 Å². The SMILES string of the molecule is CC.CC(C)C.O=S1(=O)c2ccccc2-c2ccccc21. The van der Waals surface area contributed by atoms with Gasteiger partial charge in [-0.05, 0) is 18.1 Å². The lowest BCUT2D eigenvalue weighted by molar-refractivity contribution is 0.598. The molecule has 0 unspecified atom stereocenters. The van der Waals surface area contributed by atoms with Gasteiger partial charge < -0.3 is 0 Å². The molecular weight excluding hydrogens is 280 g/mol. The van der Waals surface area contributed by atoms with Crippen molar-refractivity contribution < 1.29 is 8.42 Å². The zero-order valence-electron chi connectivity index (χ0n) is 13.4. The Bertz CT molecular complexity index is 632. The summed E-state index contributed by atoms with van der Waals surface area (Å²) < 4.78 is 24.2. The van der Waals surface area contributed by atoms with Crippen LogP contribution in [0.15, 0.2) is 58.3 Å². The summed E-state index contributed by atoms with van der Waals surface area (Å²) in [5.41, 5.74) is 1.63. The normalized spacial score (nSPS) is 13.2. The lowest BCUT2D eigenvalue weighted by Gasteiger charge is -1.95. The van der Waals surface area contributed by atoms with Crippen molar-refractivity contribution in [3.05, 3.63) is 48.5 Å². The van der Waals surface area contributed by atoms with Gasteiger partial charge in [-0.1, -0.05) is 71.0 Å². The van der Waals surface area contributed by atoms with Crippen LogP contribution in [0.1, 0.15) is 34.6 Å². The lowest BCUT2D eigenvalue weighted by atomic mass is 10.1. The standard InChI is InChI=1S/C12H8O2S.C4H10.C2H6/c13-15(14)11-7-3-1-5-9(11)10-6-2-4-8-12(10)15;1-4(2)3;1-2/h1-8H;4H,1-3H3;1-2H3. The Labute approximate surface area is 128 Å². The van der Waals surface area contributed by atoms with E-state index in [9.17, 15) is 8.42 Å². The zero-order chi connectivity index (χ0) is 16.0. The van der Waals surface area contributed by atoms with E-state index in [1.54, 1.807) is 24.3 Å². The molecule has 1 aliphatic heterocycles.